The van der Waals surface area contributed by atoms with Gasteiger partial charge in [0.15, 0.2) is 0 Å². The quantitative estimate of drug-likeness (QED) is 0.820. The van der Waals surface area contributed by atoms with E-state index >= 15 is 0 Å². The molecule has 17 heavy (non-hydrogen) atoms. The summed E-state index contributed by atoms with van der Waals surface area (Å²) in [4.78, 5) is 13.2. The van der Waals surface area contributed by atoms with E-state index in [2.05, 4.69) is 5.32 Å². The predicted molar refractivity (Wildman–Crippen MR) is 68.2 cm³/mol. The number of carbonyl (C=O) groups excluding carboxylic acids is 1. The van der Waals surface area contributed by atoms with Gasteiger partial charge in [-0.1, -0.05) is 23.7 Å². The van der Waals surface area contributed by atoms with Crippen molar-refractivity contribution < 1.29 is 9.53 Å². The average Bonchev–Trinajstić information content (AvgIpc) is 2.29. The summed E-state index contributed by atoms with van der Waals surface area (Å²) in [5.74, 6) is 0. The van der Waals surface area contributed by atoms with Crippen LogP contribution in [0.15, 0.2) is 24.3 Å². The van der Waals surface area contributed by atoms with Gasteiger partial charge in [0.1, 0.15) is 0 Å². The van der Waals surface area contributed by atoms with E-state index in [4.69, 9.17) is 16.3 Å². The van der Waals surface area contributed by atoms with Gasteiger partial charge in [-0.25, -0.2) is 4.79 Å². The van der Waals surface area contributed by atoms with Crippen LogP contribution in [0.4, 0.5) is 4.79 Å². The molecule has 0 spiro atoms. The Hall–Kier alpha value is -1.26. The van der Waals surface area contributed by atoms with E-state index in [1.807, 2.05) is 24.3 Å². The summed E-state index contributed by atoms with van der Waals surface area (Å²) in [5.41, 5.74) is 1.00. The van der Waals surface area contributed by atoms with Crippen LogP contribution in [-0.2, 0) is 11.3 Å². The maximum atomic E-state index is 11.6. The maximum absolute atomic E-state index is 11.6. The molecule has 1 aromatic rings. The van der Waals surface area contributed by atoms with Crippen LogP contribution in [0.25, 0.3) is 0 Å². The Kier molecular flexibility index (Phi) is 5.80. The smallest absolute Gasteiger partial charge is 0.317 e. The summed E-state index contributed by atoms with van der Waals surface area (Å²) >= 11 is 5.87. The topological polar surface area (TPSA) is 41.6 Å². The predicted octanol–water partition coefficient (Wildman–Crippen LogP) is 2.13. The number of nitrogens with one attached hydrogen (secondary N) is 1. The molecule has 0 radical (unpaired) electrons. The van der Waals surface area contributed by atoms with Crippen molar-refractivity contribution in [2.45, 2.75) is 6.54 Å². The first-order valence-corrected chi connectivity index (χ1v) is 5.73. The number of halogens is 1. The highest BCUT2D eigenvalue weighted by atomic mass is 35.5. The molecule has 0 aliphatic heterocycles. The molecule has 1 N–H and O–H groups in total. The number of hydrogen-bond donors (Lipinski definition) is 1. The number of benzene rings is 1. The molecule has 4 nitrogen and oxygen atoms in total. The van der Waals surface area contributed by atoms with Crippen LogP contribution in [-0.4, -0.2) is 38.2 Å². The standard InChI is InChI=1S/C12H17ClN2O2/c1-15(12(16)14-6-7-17-2)9-10-4-3-5-11(13)8-10/h3-5,8H,6-7,9H2,1-2H3,(H,14,16). The lowest BCUT2D eigenvalue weighted by molar-refractivity contribution is 0.184. The lowest BCUT2D eigenvalue weighted by atomic mass is 10.2. The molecule has 0 heterocycles. The largest absolute Gasteiger partial charge is 0.383 e. The van der Waals surface area contributed by atoms with Crippen LogP contribution in [0.3, 0.4) is 0 Å². The van der Waals surface area contributed by atoms with E-state index in [9.17, 15) is 4.79 Å². The minimum absolute atomic E-state index is 0.123. The van der Waals surface area contributed by atoms with Crippen molar-refractivity contribution in [3.63, 3.8) is 0 Å². The van der Waals surface area contributed by atoms with Crippen LogP contribution in [0.2, 0.25) is 5.02 Å². The van der Waals surface area contributed by atoms with E-state index in [0.717, 1.165) is 5.56 Å². The molecular weight excluding hydrogens is 240 g/mol. The Morgan fingerprint density at radius 1 is 1.53 bits per heavy atom. The minimum atomic E-state index is -0.123. The van der Waals surface area contributed by atoms with Gasteiger partial charge in [0, 0.05) is 32.3 Å². The van der Waals surface area contributed by atoms with Crippen molar-refractivity contribution in [2.24, 2.45) is 0 Å². The molecule has 0 aliphatic carbocycles. The van der Waals surface area contributed by atoms with E-state index in [1.54, 1.807) is 19.1 Å². The zero-order valence-corrected chi connectivity index (χ0v) is 10.8. The third-order valence-electron chi connectivity index (χ3n) is 2.24. The number of methoxy groups -OCH3 is 1. The maximum Gasteiger partial charge on any atom is 0.317 e. The Labute approximate surface area is 107 Å². The van der Waals surface area contributed by atoms with Gasteiger partial charge in [0.2, 0.25) is 0 Å². The molecule has 1 aromatic carbocycles. The monoisotopic (exact) mass is 256 g/mol. The Morgan fingerprint density at radius 2 is 2.29 bits per heavy atom. The number of urea groups is 1. The lowest BCUT2D eigenvalue weighted by Gasteiger charge is -2.18. The summed E-state index contributed by atoms with van der Waals surface area (Å²) in [5, 5.41) is 3.42. The fourth-order valence-electron chi connectivity index (χ4n) is 1.38. The van der Waals surface area contributed by atoms with Crippen molar-refractivity contribution in [2.75, 3.05) is 27.3 Å². The molecule has 0 unspecified atom stereocenters. The fourth-order valence-corrected chi connectivity index (χ4v) is 1.59. The zero-order valence-electron chi connectivity index (χ0n) is 10.1. The van der Waals surface area contributed by atoms with Crippen LogP contribution in [0.1, 0.15) is 5.56 Å². The highest BCUT2D eigenvalue weighted by molar-refractivity contribution is 6.30. The van der Waals surface area contributed by atoms with Gasteiger partial charge in [-0.05, 0) is 17.7 Å². The zero-order chi connectivity index (χ0) is 12.7. The summed E-state index contributed by atoms with van der Waals surface area (Å²) in [6, 6.07) is 7.34. The van der Waals surface area contributed by atoms with E-state index in [0.29, 0.717) is 24.7 Å². The van der Waals surface area contributed by atoms with E-state index < -0.39 is 0 Å². The second kappa shape index (κ2) is 7.14. The van der Waals surface area contributed by atoms with Crippen molar-refractivity contribution in [1.82, 2.24) is 10.2 Å². The lowest BCUT2D eigenvalue weighted by Crippen LogP contribution is -2.38. The van der Waals surface area contributed by atoms with Gasteiger partial charge < -0.3 is 15.0 Å². The Balaban J connectivity index is 2.43. The molecule has 0 aliphatic rings. The van der Waals surface area contributed by atoms with E-state index in [-0.39, 0.29) is 6.03 Å². The number of amides is 2. The molecular formula is C12H17ClN2O2. The molecule has 0 saturated carbocycles. The SMILES string of the molecule is COCCNC(=O)N(C)Cc1cccc(Cl)c1. The van der Waals surface area contributed by atoms with Crippen LogP contribution < -0.4 is 5.32 Å². The first-order valence-electron chi connectivity index (χ1n) is 5.36. The minimum Gasteiger partial charge on any atom is -0.383 e. The highest BCUT2D eigenvalue weighted by Crippen LogP contribution is 2.11. The van der Waals surface area contributed by atoms with Crippen molar-refractivity contribution in [3.05, 3.63) is 34.9 Å². The molecule has 0 bridgehead atoms. The van der Waals surface area contributed by atoms with Gasteiger partial charge in [0.25, 0.3) is 0 Å². The second-order valence-corrected chi connectivity index (χ2v) is 4.15. The van der Waals surface area contributed by atoms with Gasteiger partial charge >= 0.3 is 6.03 Å². The fraction of sp³-hybridized carbons (Fsp3) is 0.417. The summed E-state index contributed by atoms with van der Waals surface area (Å²) in [6.07, 6.45) is 0. The number of carbonyl (C=O) groups is 1. The van der Waals surface area contributed by atoms with Gasteiger partial charge in [0.05, 0.1) is 6.61 Å². The Morgan fingerprint density at radius 3 is 2.94 bits per heavy atom. The van der Waals surface area contributed by atoms with Crippen LogP contribution in [0.5, 0.6) is 0 Å². The third kappa shape index (κ3) is 5.06. The summed E-state index contributed by atoms with van der Waals surface area (Å²) < 4.78 is 4.86. The number of rotatable bonds is 5. The molecule has 0 saturated heterocycles. The van der Waals surface area contributed by atoms with Gasteiger partial charge in [-0.3, -0.25) is 0 Å². The van der Waals surface area contributed by atoms with Crippen molar-refractivity contribution in [3.8, 4) is 0 Å². The van der Waals surface area contributed by atoms with Gasteiger partial charge in [-0.15, -0.1) is 0 Å². The first-order chi connectivity index (χ1) is 8.13. The van der Waals surface area contributed by atoms with Gasteiger partial charge in [-0.2, -0.15) is 0 Å². The summed E-state index contributed by atoms with van der Waals surface area (Å²) in [6.45, 7) is 1.55. The molecule has 0 atom stereocenters. The molecule has 94 valence electrons. The van der Waals surface area contributed by atoms with Crippen LogP contribution >= 0.6 is 11.6 Å². The average molecular weight is 257 g/mol. The number of nitrogens with zero attached hydrogens (tertiary/aromatic N) is 1. The number of hydrogen-bond acceptors (Lipinski definition) is 2. The summed E-state index contributed by atoms with van der Waals surface area (Å²) in [7, 11) is 3.34. The molecule has 1 rings (SSSR count). The number of ether oxygens (including phenoxy) is 1. The molecule has 0 fully saturated rings. The normalized spacial score (nSPS) is 10.1. The highest BCUT2D eigenvalue weighted by Gasteiger charge is 2.08. The Bertz CT molecular complexity index is 371. The molecule has 5 heteroatoms. The second-order valence-electron chi connectivity index (χ2n) is 3.71. The van der Waals surface area contributed by atoms with Crippen molar-refractivity contribution in [1.29, 1.82) is 0 Å². The molecule has 0 aromatic heterocycles. The molecule has 2 amide bonds. The van der Waals surface area contributed by atoms with E-state index in [1.165, 1.54) is 0 Å². The third-order valence-corrected chi connectivity index (χ3v) is 2.47. The van der Waals surface area contributed by atoms with Crippen molar-refractivity contribution >= 4 is 17.6 Å². The van der Waals surface area contributed by atoms with Crippen LogP contribution in [0, 0.1) is 0 Å². The first kappa shape index (κ1) is 13.8.